The number of aliphatic hydroxyl groups excluding tert-OH is 2. The normalized spacial score (nSPS) is 36.6. The van der Waals surface area contributed by atoms with Gasteiger partial charge in [-0.05, 0) is 84.6 Å². The molecular weight excluding hydrogens is 544 g/mol. The summed E-state index contributed by atoms with van der Waals surface area (Å²) in [5, 5.41) is 31.4. The van der Waals surface area contributed by atoms with E-state index in [2.05, 4.69) is 135 Å². The van der Waals surface area contributed by atoms with Gasteiger partial charge in [0.05, 0.1) is 17.8 Å². The molecule has 0 bridgehead atoms. The van der Waals surface area contributed by atoms with Crippen molar-refractivity contribution >= 4 is 0 Å². The molecule has 0 spiro atoms. The summed E-state index contributed by atoms with van der Waals surface area (Å²) in [6.07, 6.45) is 29.2. The van der Waals surface area contributed by atoms with E-state index in [1.54, 1.807) is 0 Å². The molecule has 6 atom stereocenters. The molecule has 3 N–H and O–H groups in total. The minimum absolute atomic E-state index is 0.0778. The number of aliphatic hydroxyl groups is 3. The summed E-state index contributed by atoms with van der Waals surface area (Å²) in [6, 6.07) is 0. The van der Waals surface area contributed by atoms with Crippen LogP contribution in [-0.4, -0.2) is 44.3 Å². The molecule has 0 amide bonds. The van der Waals surface area contributed by atoms with Gasteiger partial charge in [-0.2, -0.15) is 0 Å². The van der Waals surface area contributed by atoms with Gasteiger partial charge in [0.2, 0.25) is 0 Å². The van der Waals surface area contributed by atoms with E-state index in [0.717, 1.165) is 31.3 Å². The van der Waals surface area contributed by atoms with Crippen molar-refractivity contribution in [3.05, 3.63) is 95.2 Å². The van der Waals surface area contributed by atoms with Crippen molar-refractivity contribution in [1.82, 2.24) is 0 Å². The summed E-state index contributed by atoms with van der Waals surface area (Å²) in [6.45, 7) is 21.2. The van der Waals surface area contributed by atoms with Crippen LogP contribution in [0.15, 0.2) is 95.2 Å². The highest BCUT2D eigenvalue weighted by molar-refractivity contribution is 5.36. The smallest absolute Gasteiger partial charge is 0.121 e. The third-order valence-electron chi connectivity index (χ3n) is 10.3. The Balaban J connectivity index is 1.47. The highest BCUT2D eigenvalue weighted by Crippen LogP contribution is 2.66. The van der Waals surface area contributed by atoms with Crippen LogP contribution in [0.4, 0.5) is 0 Å². The van der Waals surface area contributed by atoms with E-state index in [9.17, 15) is 15.3 Å². The number of ether oxygens (including phenoxy) is 1. The predicted octanol–water partition coefficient (Wildman–Crippen LogP) is 9.03. The highest BCUT2D eigenvalue weighted by Gasteiger charge is 2.74. The van der Waals surface area contributed by atoms with E-state index in [-0.39, 0.29) is 34.1 Å². The monoisotopic (exact) mass is 604 g/mol. The average molecular weight is 605 g/mol. The van der Waals surface area contributed by atoms with Crippen LogP contribution in [0.25, 0.3) is 0 Å². The Hall–Kier alpha value is -2.24. The number of allylic oxidation sites excluding steroid dienone is 15. The van der Waals surface area contributed by atoms with Gasteiger partial charge in [0, 0.05) is 18.3 Å². The Bertz CT molecular complexity index is 1250. The van der Waals surface area contributed by atoms with Crippen LogP contribution < -0.4 is 0 Å². The molecule has 2 aliphatic carbocycles. The molecule has 1 aliphatic heterocycles. The molecule has 4 nitrogen and oxygen atoms in total. The zero-order valence-electron chi connectivity index (χ0n) is 29.2. The fourth-order valence-electron chi connectivity index (χ4n) is 8.06. The van der Waals surface area contributed by atoms with Crippen molar-refractivity contribution in [2.45, 2.75) is 137 Å². The summed E-state index contributed by atoms with van der Waals surface area (Å²) < 4.78 is 6.25. The maximum Gasteiger partial charge on any atom is 0.121 e. The first-order valence-corrected chi connectivity index (χ1v) is 16.5. The van der Waals surface area contributed by atoms with Crippen LogP contribution in [0.2, 0.25) is 0 Å². The minimum Gasteiger partial charge on any atom is -0.393 e. The van der Waals surface area contributed by atoms with E-state index in [4.69, 9.17) is 4.74 Å². The van der Waals surface area contributed by atoms with Gasteiger partial charge in [-0.3, -0.25) is 0 Å². The molecule has 1 unspecified atom stereocenters. The summed E-state index contributed by atoms with van der Waals surface area (Å²) in [7, 11) is 0. The first-order valence-electron chi connectivity index (χ1n) is 16.5. The topological polar surface area (TPSA) is 73.2 Å². The van der Waals surface area contributed by atoms with Crippen LogP contribution in [-0.2, 0) is 4.74 Å². The van der Waals surface area contributed by atoms with Gasteiger partial charge in [-0.15, -0.1) is 0 Å². The van der Waals surface area contributed by atoms with Crippen molar-refractivity contribution in [1.29, 1.82) is 0 Å². The Labute approximate surface area is 268 Å². The lowest BCUT2D eigenvalue weighted by atomic mass is 9.59. The van der Waals surface area contributed by atoms with Crippen LogP contribution in [0.5, 0.6) is 0 Å². The van der Waals surface area contributed by atoms with Crippen molar-refractivity contribution in [2.24, 2.45) is 16.7 Å². The number of rotatable bonds is 11. The second-order valence-corrected chi connectivity index (χ2v) is 15.7. The molecule has 244 valence electrons. The molecule has 0 aromatic rings. The summed E-state index contributed by atoms with van der Waals surface area (Å²) in [5.74, 6) is 0.167. The Morgan fingerprint density at radius 2 is 1.20 bits per heavy atom. The SMILES string of the molecule is CC(=C/C=C/C(C)=C/C=C/C=C(C)/C=C/C=C(\C)CCC1C(C)(C)C[C@H](O)C[C@@]1(C)O)/C=C/[C@@]12O[C@]1(C)C[C@@H](O)CC2(C)C. The van der Waals surface area contributed by atoms with E-state index in [0.29, 0.717) is 12.8 Å². The molecule has 1 saturated heterocycles. The second-order valence-electron chi connectivity index (χ2n) is 15.7. The average Bonchev–Trinajstić information content (AvgIpc) is 3.49. The Morgan fingerprint density at radius 3 is 1.77 bits per heavy atom. The fourth-order valence-corrected chi connectivity index (χ4v) is 8.06. The maximum atomic E-state index is 11.0. The lowest BCUT2D eigenvalue weighted by molar-refractivity contribution is -0.131. The molecule has 0 aromatic heterocycles. The van der Waals surface area contributed by atoms with Gasteiger partial charge in [0.25, 0.3) is 0 Å². The summed E-state index contributed by atoms with van der Waals surface area (Å²) >= 11 is 0. The summed E-state index contributed by atoms with van der Waals surface area (Å²) in [5.41, 5.74) is 3.23. The maximum absolute atomic E-state index is 11.0. The van der Waals surface area contributed by atoms with Gasteiger partial charge >= 0.3 is 0 Å². The zero-order valence-corrected chi connectivity index (χ0v) is 29.2. The van der Waals surface area contributed by atoms with Gasteiger partial charge in [0.1, 0.15) is 11.2 Å². The standard InChI is InChI=1S/C40H60O4/c1-29(17-13-19-31(3)21-22-35-36(5,6)25-33(41)27-38(35,9)43)15-11-12-16-30(2)18-14-20-32(4)23-24-40-37(7,8)26-34(42)28-39(40,10)44-40/h11-20,23-24,33-35,41-43H,21-22,25-28H2,1-10H3/b12-11+,17-13+,18-14+,24-23+,29-15+,30-16+,31-19+,32-20-/t33-,34-,35?,38+,39+,40-/m0/s1. The number of fused-ring (bicyclic) bond motifs is 1. The Kier molecular flexibility index (Phi) is 11.6. The molecule has 2 saturated carbocycles. The van der Waals surface area contributed by atoms with Gasteiger partial charge in [0.15, 0.2) is 0 Å². The van der Waals surface area contributed by atoms with E-state index >= 15 is 0 Å². The predicted molar refractivity (Wildman–Crippen MR) is 185 cm³/mol. The number of hydrogen-bond donors (Lipinski definition) is 3. The van der Waals surface area contributed by atoms with Crippen LogP contribution in [0, 0.1) is 16.7 Å². The molecule has 1 heterocycles. The largest absolute Gasteiger partial charge is 0.393 e. The number of epoxide rings is 1. The van der Waals surface area contributed by atoms with Crippen molar-refractivity contribution < 1.29 is 20.1 Å². The first-order chi connectivity index (χ1) is 20.3. The van der Waals surface area contributed by atoms with Crippen molar-refractivity contribution in [3.63, 3.8) is 0 Å². The van der Waals surface area contributed by atoms with Gasteiger partial charge in [-0.25, -0.2) is 0 Å². The molecular formula is C40H60O4. The number of hydrogen-bond acceptors (Lipinski definition) is 4. The van der Waals surface area contributed by atoms with Crippen LogP contribution in [0.3, 0.4) is 0 Å². The summed E-state index contributed by atoms with van der Waals surface area (Å²) in [4.78, 5) is 0. The van der Waals surface area contributed by atoms with E-state index in [1.165, 1.54) is 16.7 Å². The fraction of sp³-hybridized carbons (Fsp3) is 0.600. The Morgan fingerprint density at radius 1 is 0.682 bits per heavy atom. The third-order valence-corrected chi connectivity index (χ3v) is 10.3. The van der Waals surface area contributed by atoms with E-state index < -0.39 is 11.7 Å². The van der Waals surface area contributed by atoms with Crippen molar-refractivity contribution in [2.75, 3.05) is 0 Å². The van der Waals surface area contributed by atoms with E-state index in [1.807, 2.05) is 6.92 Å². The van der Waals surface area contributed by atoms with Crippen LogP contribution in [0.1, 0.15) is 108 Å². The highest BCUT2D eigenvalue weighted by atomic mass is 16.6. The molecule has 3 aliphatic rings. The third kappa shape index (κ3) is 8.94. The second kappa shape index (κ2) is 14.0. The molecule has 3 rings (SSSR count). The molecule has 3 fully saturated rings. The van der Waals surface area contributed by atoms with Crippen LogP contribution >= 0.6 is 0 Å². The molecule has 0 radical (unpaired) electrons. The molecule has 4 heteroatoms. The first kappa shape index (κ1) is 36.2. The molecule has 0 aromatic carbocycles. The lowest BCUT2D eigenvalue weighted by Crippen LogP contribution is -2.51. The lowest BCUT2D eigenvalue weighted by Gasteiger charge is -2.50. The molecule has 44 heavy (non-hydrogen) atoms. The van der Waals surface area contributed by atoms with Gasteiger partial charge in [-0.1, -0.05) is 117 Å². The van der Waals surface area contributed by atoms with Gasteiger partial charge < -0.3 is 20.1 Å². The quantitative estimate of drug-likeness (QED) is 0.163. The van der Waals surface area contributed by atoms with Crippen molar-refractivity contribution in [3.8, 4) is 0 Å². The zero-order chi connectivity index (χ0) is 33.0. The minimum atomic E-state index is -0.828.